The standard InChI is InChI=1S/C19H15FN8/c1-11(26-17-15-16(23-9-22-15)24-10-25-17)18-27-14-7-12(20)8-21-19(14)28(18)13-5-3-2-4-6-13/h2-11H,1H3,(H2,22,23,24,25,26)/t11-/m0/s1. The molecule has 1 atom stereocenters. The minimum absolute atomic E-state index is 0.251. The van der Waals surface area contributed by atoms with Crippen molar-refractivity contribution in [1.29, 1.82) is 0 Å². The van der Waals surface area contributed by atoms with E-state index in [1.165, 1.54) is 18.6 Å². The third-order valence-corrected chi connectivity index (χ3v) is 4.47. The number of halogens is 1. The number of benzene rings is 1. The van der Waals surface area contributed by atoms with Crippen molar-refractivity contribution in [3.63, 3.8) is 0 Å². The second-order valence-corrected chi connectivity index (χ2v) is 6.33. The number of pyridine rings is 1. The molecule has 4 heterocycles. The topological polar surface area (TPSA) is 97.2 Å². The van der Waals surface area contributed by atoms with Gasteiger partial charge in [0.2, 0.25) is 0 Å². The Morgan fingerprint density at radius 2 is 1.96 bits per heavy atom. The zero-order valence-corrected chi connectivity index (χ0v) is 14.8. The zero-order valence-electron chi connectivity index (χ0n) is 14.8. The van der Waals surface area contributed by atoms with Crippen LogP contribution in [0.4, 0.5) is 10.2 Å². The average Bonchev–Trinajstić information content (AvgIpc) is 3.33. The van der Waals surface area contributed by atoms with Gasteiger partial charge in [0.25, 0.3) is 0 Å². The molecular weight excluding hydrogens is 359 g/mol. The van der Waals surface area contributed by atoms with Crippen LogP contribution >= 0.6 is 0 Å². The summed E-state index contributed by atoms with van der Waals surface area (Å²) in [7, 11) is 0. The Labute approximate surface area is 158 Å². The Morgan fingerprint density at radius 1 is 1.11 bits per heavy atom. The summed E-state index contributed by atoms with van der Waals surface area (Å²) in [6.45, 7) is 1.96. The molecule has 0 radical (unpaired) electrons. The molecular formula is C19H15FN8. The first-order chi connectivity index (χ1) is 13.7. The average molecular weight is 374 g/mol. The molecule has 1 aromatic carbocycles. The molecule has 0 fully saturated rings. The maximum Gasteiger partial charge on any atom is 0.182 e. The lowest BCUT2D eigenvalue weighted by Crippen LogP contribution is -2.14. The van der Waals surface area contributed by atoms with Gasteiger partial charge in [-0.05, 0) is 19.1 Å². The van der Waals surface area contributed by atoms with Crippen molar-refractivity contribution in [3.05, 3.63) is 66.9 Å². The van der Waals surface area contributed by atoms with Gasteiger partial charge in [-0.1, -0.05) is 18.2 Å². The summed E-state index contributed by atoms with van der Waals surface area (Å²) in [4.78, 5) is 24.5. The molecule has 0 aliphatic rings. The number of fused-ring (bicyclic) bond motifs is 2. The normalized spacial score (nSPS) is 12.5. The summed E-state index contributed by atoms with van der Waals surface area (Å²) < 4.78 is 15.6. The van der Waals surface area contributed by atoms with E-state index in [0.717, 1.165) is 5.69 Å². The number of nitrogens with zero attached hydrogens (tertiary/aromatic N) is 6. The molecule has 0 amide bonds. The SMILES string of the molecule is C[C@H](Nc1ncnc2nc[nH]c12)c1nc2cc(F)cnc2n1-c1ccccc1. The first kappa shape index (κ1) is 16.3. The van der Waals surface area contributed by atoms with Crippen molar-refractivity contribution in [3.8, 4) is 5.69 Å². The van der Waals surface area contributed by atoms with Gasteiger partial charge < -0.3 is 10.3 Å². The Bertz CT molecular complexity index is 1280. The molecule has 0 aliphatic heterocycles. The molecule has 0 spiro atoms. The van der Waals surface area contributed by atoms with E-state index < -0.39 is 5.82 Å². The summed E-state index contributed by atoms with van der Waals surface area (Å²) in [6.07, 6.45) is 4.22. The summed E-state index contributed by atoms with van der Waals surface area (Å²) >= 11 is 0. The van der Waals surface area contributed by atoms with Crippen LogP contribution in [0.1, 0.15) is 18.8 Å². The van der Waals surface area contributed by atoms with E-state index in [0.29, 0.717) is 34.0 Å². The monoisotopic (exact) mass is 374 g/mol. The molecule has 5 rings (SSSR count). The second-order valence-electron chi connectivity index (χ2n) is 6.33. The number of hydrogen-bond acceptors (Lipinski definition) is 6. The van der Waals surface area contributed by atoms with E-state index in [1.54, 1.807) is 6.33 Å². The van der Waals surface area contributed by atoms with Gasteiger partial charge in [0, 0.05) is 11.8 Å². The number of anilines is 1. The highest BCUT2D eigenvalue weighted by molar-refractivity contribution is 5.82. The predicted molar refractivity (Wildman–Crippen MR) is 103 cm³/mol. The molecule has 9 heteroatoms. The molecule has 2 N–H and O–H groups in total. The Kier molecular flexibility index (Phi) is 3.71. The molecule has 4 aromatic heterocycles. The van der Waals surface area contributed by atoms with Gasteiger partial charge in [-0.25, -0.2) is 29.3 Å². The number of hydrogen-bond donors (Lipinski definition) is 2. The Balaban J connectivity index is 1.64. The van der Waals surface area contributed by atoms with Crippen molar-refractivity contribution in [2.75, 3.05) is 5.32 Å². The number of aromatic amines is 1. The zero-order chi connectivity index (χ0) is 19.1. The van der Waals surface area contributed by atoms with Crippen LogP contribution in [-0.4, -0.2) is 34.5 Å². The molecule has 28 heavy (non-hydrogen) atoms. The minimum Gasteiger partial charge on any atom is -0.358 e. The summed E-state index contributed by atoms with van der Waals surface area (Å²) in [5.41, 5.74) is 3.25. The van der Waals surface area contributed by atoms with E-state index >= 15 is 0 Å². The van der Waals surface area contributed by atoms with Crippen molar-refractivity contribution < 1.29 is 4.39 Å². The Morgan fingerprint density at radius 3 is 2.82 bits per heavy atom. The van der Waals surface area contributed by atoms with Crippen LogP contribution in [-0.2, 0) is 0 Å². The van der Waals surface area contributed by atoms with Gasteiger partial charge in [-0.3, -0.25) is 4.57 Å². The summed E-state index contributed by atoms with van der Waals surface area (Å²) in [5, 5.41) is 3.35. The largest absolute Gasteiger partial charge is 0.358 e. The van der Waals surface area contributed by atoms with Gasteiger partial charge in [-0.15, -0.1) is 0 Å². The van der Waals surface area contributed by atoms with Crippen LogP contribution in [0.25, 0.3) is 28.0 Å². The van der Waals surface area contributed by atoms with E-state index in [4.69, 9.17) is 0 Å². The van der Waals surface area contributed by atoms with Crippen LogP contribution in [0.15, 0.2) is 55.2 Å². The van der Waals surface area contributed by atoms with Gasteiger partial charge in [-0.2, -0.15) is 0 Å². The van der Waals surface area contributed by atoms with Gasteiger partial charge in [0.1, 0.15) is 29.0 Å². The lowest BCUT2D eigenvalue weighted by atomic mass is 10.2. The number of nitrogens with one attached hydrogen (secondary N) is 2. The van der Waals surface area contributed by atoms with Crippen LogP contribution < -0.4 is 5.32 Å². The first-order valence-electron chi connectivity index (χ1n) is 8.70. The molecule has 0 saturated carbocycles. The number of para-hydroxylation sites is 1. The molecule has 0 saturated heterocycles. The van der Waals surface area contributed by atoms with Gasteiger partial charge in [0.15, 0.2) is 17.1 Å². The number of H-pyrrole nitrogens is 1. The fourth-order valence-corrected chi connectivity index (χ4v) is 3.22. The highest BCUT2D eigenvalue weighted by Gasteiger charge is 2.20. The number of imidazole rings is 2. The third kappa shape index (κ3) is 2.64. The lowest BCUT2D eigenvalue weighted by Gasteiger charge is -2.16. The highest BCUT2D eigenvalue weighted by Crippen LogP contribution is 2.27. The third-order valence-electron chi connectivity index (χ3n) is 4.47. The van der Waals surface area contributed by atoms with Crippen molar-refractivity contribution in [2.24, 2.45) is 0 Å². The van der Waals surface area contributed by atoms with E-state index in [1.807, 2.05) is 41.8 Å². The van der Waals surface area contributed by atoms with Crippen molar-refractivity contribution in [2.45, 2.75) is 13.0 Å². The van der Waals surface area contributed by atoms with E-state index in [2.05, 4.69) is 35.2 Å². The highest BCUT2D eigenvalue weighted by atomic mass is 19.1. The summed E-state index contributed by atoms with van der Waals surface area (Å²) in [6, 6.07) is 10.9. The maximum absolute atomic E-state index is 13.7. The van der Waals surface area contributed by atoms with E-state index in [9.17, 15) is 4.39 Å². The number of aromatic nitrogens is 7. The Hall–Kier alpha value is -3.88. The van der Waals surface area contributed by atoms with Gasteiger partial charge in [0.05, 0.1) is 18.6 Å². The quantitative estimate of drug-likeness (QED) is 0.500. The van der Waals surface area contributed by atoms with Crippen molar-refractivity contribution >= 4 is 28.1 Å². The smallest absolute Gasteiger partial charge is 0.182 e. The van der Waals surface area contributed by atoms with Crippen LogP contribution in [0.3, 0.4) is 0 Å². The first-order valence-corrected chi connectivity index (χ1v) is 8.70. The molecule has 0 aliphatic carbocycles. The van der Waals surface area contributed by atoms with Crippen LogP contribution in [0.5, 0.6) is 0 Å². The molecule has 0 unspecified atom stereocenters. The molecule has 8 nitrogen and oxygen atoms in total. The van der Waals surface area contributed by atoms with Crippen molar-refractivity contribution in [1.82, 2.24) is 34.5 Å². The second kappa shape index (κ2) is 6.38. The lowest BCUT2D eigenvalue weighted by molar-refractivity contribution is 0.623. The van der Waals surface area contributed by atoms with Gasteiger partial charge >= 0.3 is 0 Å². The molecule has 5 aromatic rings. The molecule has 0 bridgehead atoms. The maximum atomic E-state index is 13.7. The van der Waals surface area contributed by atoms with E-state index in [-0.39, 0.29) is 6.04 Å². The predicted octanol–water partition coefficient (Wildman–Crippen LogP) is 3.40. The van der Waals surface area contributed by atoms with Crippen LogP contribution in [0, 0.1) is 5.82 Å². The summed E-state index contributed by atoms with van der Waals surface area (Å²) in [5.74, 6) is 0.874. The van der Waals surface area contributed by atoms with Crippen LogP contribution in [0.2, 0.25) is 0 Å². The fourth-order valence-electron chi connectivity index (χ4n) is 3.22. The minimum atomic E-state index is -0.424. The number of rotatable bonds is 4. The fraction of sp³-hybridized carbons (Fsp3) is 0.105. The molecule has 138 valence electrons.